The van der Waals surface area contributed by atoms with Crippen molar-refractivity contribution >= 4 is 27.5 Å². The maximum Gasteiger partial charge on any atom is 0.271 e. The Kier molecular flexibility index (Phi) is 4.01. The average molecular weight is 355 g/mol. The van der Waals surface area contributed by atoms with Crippen LogP contribution in [0.5, 0.6) is 5.75 Å². The number of para-hydroxylation sites is 1. The minimum Gasteiger partial charge on any atom is -0.493 e. The fourth-order valence-corrected chi connectivity index (χ4v) is 4.01. The second-order valence-electron chi connectivity index (χ2n) is 6.07. The molecule has 0 radical (unpaired) electrons. The van der Waals surface area contributed by atoms with Gasteiger partial charge in [-0.15, -0.1) is 11.3 Å². The van der Waals surface area contributed by atoms with Crippen molar-refractivity contribution in [2.24, 2.45) is 0 Å². The molecule has 1 unspecified atom stereocenters. The van der Waals surface area contributed by atoms with Gasteiger partial charge in [0.15, 0.2) is 0 Å². The number of nitrogens with one attached hydrogen (secondary N) is 1. The summed E-state index contributed by atoms with van der Waals surface area (Å²) in [5.74, 6) is 0.589. The van der Waals surface area contributed by atoms with E-state index in [1.165, 1.54) is 22.2 Å². The number of hydrogen-bond donors (Lipinski definition) is 1. The number of fused-ring (bicyclic) bond motifs is 2. The van der Waals surface area contributed by atoms with Gasteiger partial charge in [-0.3, -0.25) is 14.2 Å². The lowest BCUT2D eigenvalue weighted by atomic mass is 10.0. The van der Waals surface area contributed by atoms with E-state index in [1.54, 1.807) is 0 Å². The van der Waals surface area contributed by atoms with Crippen LogP contribution in [-0.2, 0) is 11.3 Å². The Morgan fingerprint density at radius 1 is 1.44 bits per heavy atom. The fraction of sp³-hybridized carbons (Fsp3) is 0.278. The highest BCUT2D eigenvalue weighted by atomic mass is 32.1. The first-order valence-corrected chi connectivity index (χ1v) is 8.96. The Labute approximate surface area is 148 Å². The number of carbonyl (C=O) groups is 1. The minimum atomic E-state index is -0.210. The number of rotatable bonds is 3. The van der Waals surface area contributed by atoms with Gasteiger partial charge >= 0.3 is 0 Å². The molecule has 1 atom stereocenters. The monoisotopic (exact) mass is 355 g/mol. The van der Waals surface area contributed by atoms with E-state index in [-0.39, 0.29) is 24.1 Å². The molecule has 3 heterocycles. The molecule has 1 aliphatic rings. The van der Waals surface area contributed by atoms with Gasteiger partial charge < -0.3 is 10.1 Å². The second-order valence-corrected chi connectivity index (χ2v) is 6.95. The number of nitrogens with zero attached hydrogens (tertiary/aromatic N) is 2. The Hall–Kier alpha value is -2.67. The maximum atomic E-state index is 12.5. The molecule has 1 N–H and O–H groups in total. The van der Waals surface area contributed by atoms with Crippen molar-refractivity contribution in [1.29, 1.82) is 0 Å². The van der Waals surface area contributed by atoms with Gasteiger partial charge in [0.05, 0.1) is 24.5 Å². The summed E-state index contributed by atoms with van der Waals surface area (Å²) in [6.45, 7) is 2.44. The summed E-state index contributed by atoms with van der Waals surface area (Å²) in [5.41, 5.74) is 2.49. The molecule has 0 aliphatic carbocycles. The second kappa shape index (κ2) is 6.33. The topological polar surface area (TPSA) is 73.2 Å². The number of thiophene rings is 1. The summed E-state index contributed by atoms with van der Waals surface area (Å²) in [6, 6.07) is 7.58. The van der Waals surface area contributed by atoms with E-state index in [0.717, 1.165) is 16.9 Å². The minimum absolute atomic E-state index is 0.0434. The van der Waals surface area contributed by atoms with E-state index in [4.69, 9.17) is 4.74 Å². The molecular formula is C18H17N3O3S. The molecule has 7 heteroatoms. The normalized spacial score (nSPS) is 16.3. The molecule has 1 amide bonds. The number of benzene rings is 1. The molecule has 128 valence electrons. The zero-order chi connectivity index (χ0) is 17.4. The molecule has 0 saturated heterocycles. The maximum absolute atomic E-state index is 12.5. The van der Waals surface area contributed by atoms with Gasteiger partial charge in [0.1, 0.15) is 17.0 Å². The lowest BCUT2D eigenvalue weighted by Gasteiger charge is -2.26. The summed E-state index contributed by atoms with van der Waals surface area (Å²) in [6.07, 6.45) is 2.15. The van der Waals surface area contributed by atoms with Crippen LogP contribution in [0.4, 0.5) is 0 Å². The van der Waals surface area contributed by atoms with E-state index in [2.05, 4.69) is 10.3 Å². The Balaban J connectivity index is 1.54. The van der Waals surface area contributed by atoms with Gasteiger partial charge in [0.2, 0.25) is 5.91 Å². The van der Waals surface area contributed by atoms with Crippen molar-refractivity contribution in [2.75, 3.05) is 6.61 Å². The van der Waals surface area contributed by atoms with E-state index >= 15 is 0 Å². The van der Waals surface area contributed by atoms with Crippen LogP contribution < -0.4 is 15.6 Å². The van der Waals surface area contributed by atoms with E-state index in [9.17, 15) is 9.59 Å². The lowest BCUT2D eigenvalue weighted by Crippen LogP contribution is -2.36. The highest BCUT2D eigenvalue weighted by Crippen LogP contribution is 2.31. The highest BCUT2D eigenvalue weighted by Gasteiger charge is 2.23. The van der Waals surface area contributed by atoms with Crippen molar-refractivity contribution in [3.63, 3.8) is 0 Å². The Morgan fingerprint density at radius 2 is 2.28 bits per heavy atom. The summed E-state index contributed by atoms with van der Waals surface area (Å²) in [5, 5.41) is 4.91. The van der Waals surface area contributed by atoms with Crippen LogP contribution in [0.15, 0.2) is 40.8 Å². The molecule has 2 aromatic heterocycles. The molecule has 6 nitrogen and oxygen atoms in total. The smallest absolute Gasteiger partial charge is 0.271 e. The number of aryl methyl sites for hydroxylation is 1. The lowest BCUT2D eigenvalue weighted by molar-refractivity contribution is -0.122. The molecule has 25 heavy (non-hydrogen) atoms. The van der Waals surface area contributed by atoms with Gasteiger partial charge in [-0.05, 0) is 23.9 Å². The van der Waals surface area contributed by atoms with Gasteiger partial charge in [-0.25, -0.2) is 4.98 Å². The van der Waals surface area contributed by atoms with Crippen LogP contribution in [0.2, 0.25) is 0 Å². The van der Waals surface area contributed by atoms with Gasteiger partial charge in [-0.2, -0.15) is 0 Å². The van der Waals surface area contributed by atoms with E-state index < -0.39 is 0 Å². The Morgan fingerprint density at radius 3 is 3.16 bits per heavy atom. The summed E-state index contributed by atoms with van der Waals surface area (Å²) in [4.78, 5) is 29.3. The average Bonchev–Trinajstić information content (AvgIpc) is 2.99. The molecule has 0 spiro atoms. The van der Waals surface area contributed by atoms with Gasteiger partial charge in [0, 0.05) is 12.0 Å². The molecular weight excluding hydrogens is 338 g/mol. The number of amides is 1. The highest BCUT2D eigenvalue weighted by molar-refractivity contribution is 7.17. The van der Waals surface area contributed by atoms with E-state index in [0.29, 0.717) is 23.2 Å². The first-order valence-electron chi connectivity index (χ1n) is 8.08. The van der Waals surface area contributed by atoms with Crippen molar-refractivity contribution in [1.82, 2.24) is 14.9 Å². The van der Waals surface area contributed by atoms with Crippen molar-refractivity contribution < 1.29 is 9.53 Å². The third-order valence-corrected chi connectivity index (χ3v) is 5.41. The third-order valence-electron chi connectivity index (χ3n) is 4.33. The Bertz CT molecular complexity index is 1010. The van der Waals surface area contributed by atoms with Crippen molar-refractivity contribution in [3.05, 3.63) is 57.5 Å². The fourth-order valence-electron chi connectivity index (χ4n) is 3.06. The zero-order valence-electron chi connectivity index (χ0n) is 13.7. The van der Waals surface area contributed by atoms with Gasteiger partial charge in [-0.1, -0.05) is 18.2 Å². The summed E-state index contributed by atoms with van der Waals surface area (Å²) in [7, 11) is 0. The van der Waals surface area contributed by atoms with Crippen LogP contribution in [0, 0.1) is 6.92 Å². The van der Waals surface area contributed by atoms with Crippen molar-refractivity contribution in [2.45, 2.75) is 25.9 Å². The SMILES string of the molecule is Cc1csc2c(=O)n(CC(=O)NC3CCOc4ccccc43)cnc12. The molecule has 4 rings (SSSR count). The molecule has 1 aliphatic heterocycles. The van der Waals surface area contributed by atoms with Crippen LogP contribution in [0.3, 0.4) is 0 Å². The molecule has 0 fully saturated rings. The number of aromatic nitrogens is 2. The standard InChI is InChI=1S/C18H17N3O3S/c1-11-9-25-17-16(11)19-10-21(18(17)23)8-15(22)20-13-6-7-24-14-5-3-2-4-12(13)14/h2-5,9-10,13H,6-8H2,1H3,(H,20,22). The van der Waals surface area contributed by atoms with Crippen LogP contribution in [-0.4, -0.2) is 22.1 Å². The summed E-state index contributed by atoms with van der Waals surface area (Å²) < 4.78 is 7.56. The molecule has 0 bridgehead atoms. The summed E-state index contributed by atoms with van der Waals surface area (Å²) >= 11 is 1.36. The third kappa shape index (κ3) is 2.91. The van der Waals surface area contributed by atoms with E-state index in [1.807, 2.05) is 36.6 Å². The predicted molar refractivity (Wildman–Crippen MR) is 96.1 cm³/mol. The molecule has 1 aromatic carbocycles. The molecule has 3 aromatic rings. The first-order chi connectivity index (χ1) is 12.1. The molecule has 0 saturated carbocycles. The zero-order valence-corrected chi connectivity index (χ0v) is 14.5. The number of ether oxygens (including phenoxy) is 1. The number of hydrogen-bond acceptors (Lipinski definition) is 5. The van der Waals surface area contributed by atoms with Crippen LogP contribution in [0.25, 0.3) is 10.2 Å². The van der Waals surface area contributed by atoms with Crippen LogP contribution in [0.1, 0.15) is 23.6 Å². The van der Waals surface area contributed by atoms with Gasteiger partial charge in [0.25, 0.3) is 5.56 Å². The quantitative estimate of drug-likeness (QED) is 0.783. The van der Waals surface area contributed by atoms with Crippen LogP contribution >= 0.6 is 11.3 Å². The first kappa shape index (κ1) is 15.8. The number of carbonyl (C=O) groups excluding carboxylic acids is 1. The predicted octanol–water partition coefficient (Wildman–Crippen LogP) is 2.41. The largest absolute Gasteiger partial charge is 0.493 e. The van der Waals surface area contributed by atoms with Crippen molar-refractivity contribution in [3.8, 4) is 5.75 Å².